The molecule has 0 saturated carbocycles. The first-order chi connectivity index (χ1) is 11.2. The van der Waals surface area contributed by atoms with Crippen molar-refractivity contribution in [3.63, 3.8) is 0 Å². The Labute approximate surface area is 165 Å². The predicted octanol–water partition coefficient (Wildman–Crippen LogP) is 5.78. The summed E-state index contributed by atoms with van der Waals surface area (Å²) in [5.41, 5.74) is 0. The van der Waals surface area contributed by atoms with E-state index < -0.39 is 0 Å². The number of esters is 1. The van der Waals surface area contributed by atoms with Crippen LogP contribution in [0.1, 0.15) is 110 Å². The Kier molecular flexibility index (Phi) is 23.3. The molecule has 1 atom stereocenters. The summed E-state index contributed by atoms with van der Waals surface area (Å²) < 4.78 is 4.91. The molecule has 1 radical (unpaired) electrons. The van der Waals surface area contributed by atoms with Crippen molar-refractivity contribution in [2.24, 2.45) is 0 Å². The van der Waals surface area contributed by atoms with E-state index in [2.05, 4.69) is 6.92 Å². The van der Waals surface area contributed by atoms with Gasteiger partial charge in [-0.1, -0.05) is 77.6 Å². The first kappa shape index (κ1) is 26.4. The van der Waals surface area contributed by atoms with Gasteiger partial charge >= 0.3 is 5.97 Å². The second-order valence-corrected chi connectivity index (χ2v) is 6.68. The maximum absolute atomic E-state index is 11.2. The molecule has 4 heteroatoms. The molecule has 0 amide bonds. The van der Waals surface area contributed by atoms with E-state index in [1.165, 1.54) is 57.8 Å². The van der Waals surface area contributed by atoms with Gasteiger partial charge in [-0.25, -0.2) is 0 Å². The fourth-order valence-corrected chi connectivity index (χ4v) is 2.89. The van der Waals surface area contributed by atoms with Crippen LogP contribution in [0, 0.1) is 0 Å². The molecule has 0 aromatic heterocycles. The van der Waals surface area contributed by atoms with Crippen LogP contribution in [0.3, 0.4) is 0 Å². The summed E-state index contributed by atoms with van der Waals surface area (Å²) in [6.07, 6.45) is 17.0. The standard InChI is InChI=1S/C20H40O3.Au/c1-3-5-6-13-16-19(21)17-14-11-9-7-8-10-12-15-18-20(22)23-4-2;/h19,21H,3-18H2,1-2H3;. The van der Waals surface area contributed by atoms with Crippen molar-refractivity contribution in [1.29, 1.82) is 0 Å². The first-order valence-corrected chi connectivity index (χ1v) is 10.0. The molecule has 0 saturated heterocycles. The summed E-state index contributed by atoms with van der Waals surface area (Å²) in [5.74, 6) is -0.0549. The van der Waals surface area contributed by atoms with E-state index in [1.807, 2.05) is 6.92 Å². The summed E-state index contributed by atoms with van der Waals surface area (Å²) >= 11 is 0. The minimum Gasteiger partial charge on any atom is -0.466 e. The van der Waals surface area contributed by atoms with E-state index in [1.54, 1.807) is 0 Å². The number of ether oxygens (including phenoxy) is 1. The monoisotopic (exact) mass is 525 g/mol. The van der Waals surface area contributed by atoms with Crippen molar-refractivity contribution < 1.29 is 37.0 Å². The normalized spacial score (nSPS) is 11.8. The summed E-state index contributed by atoms with van der Waals surface area (Å²) in [7, 11) is 0. The molecule has 0 aromatic rings. The van der Waals surface area contributed by atoms with Gasteiger partial charge in [-0.3, -0.25) is 4.79 Å². The third-order valence-electron chi connectivity index (χ3n) is 4.36. The largest absolute Gasteiger partial charge is 0.466 e. The van der Waals surface area contributed by atoms with Gasteiger partial charge in [0.1, 0.15) is 0 Å². The molecule has 0 bridgehead atoms. The molecule has 0 heterocycles. The minimum absolute atomic E-state index is 0. The van der Waals surface area contributed by atoms with Crippen LogP contribution >= 0.6 is 0 Å². The van der Waals surface area contributed by atoms with Gasteiger partial charge in [0, 0.05) is 28.8 Å². The fraction of sp³-hybridized carbons (Fsp3) is 0.950. The van der Waals surface area contributed by atoms with Crippen molar-refractivity contribution >= 4 is 5.97 Å². The molecule has 24 heavy (non-hydrogen) atoms. The number of aliphatic hydroxyl groups is 1. The van der Waals surface area contributed by atoms with Crippen LogP contribution in [-0.2, 0) is 31.9 Å². The van der Waals surface area contributed by atoms with E-state index in [0.717, 1.165) is 32.1 Å². The molecule has 3 nitrogen and oxygen atoms in total. The van der Waals surface area contributed by atoms with E-state index in [0.29, 0.717) is 13.0 Å². The van der Waals surface area contributed by atoms with Crippen molar-refractivity contribution in [3.8, 4) is 0 Å². The smallest absolute Gasteiger partial charge is 0.305 e. The van der Waals surface area contributed by atoms with Crippen LogP contribution in [0.5, 0.6) is 0 Å². The molecule has 149 valence electrons. The minimum atomic E-state index is -0.0743. The number of carbonyl (C=O) groups is 1. The van der Waals surface area contributed by atoms with Gasteiger partial charge in [0.05, 0.1) is 12.7 Å². The second kappa shape index (κ2) is 21.2. The SMILES string of the molecule is CCCCCCC(O)CCCCCCCCCCC(=O)OCC.[Au]. The number of hydrogen-bond acceptors (Lipinski definition) is 3. The summed E-state index contributed by atoms with van der Waals surface area (Å²) in [5, 5.41) is 9.89. The van der Waals surface area contributed by atoms with Gasteiger partial charge in [-0.2, -0.15) is 0 Å². The maximum atomic E-state index is 11.2. The Morgan fingerprint density at radius 1 is 0.792 bits per heavy atom. The van der Waals surface area contributed by atoms with Gasteiger partial charge in [0.2, 0.25) is 0 Å². The van der Waals surface area contributed by atoms with E-state index >= 15 is 0 Å². The number of carbonyl (C=O) groups excluding carboxylic acids is 1. The Hall–Kier alpha value is 0.170. The van der Waals surface area contributed by atoms with Crippen LogP contribution < -0.4 is 0 Å². The zero-order valence-electron chi connectivity index (χ0n) is 16.0. The molecule has 0 rings (SSSR count). The quantitative estimate of drug-likeness (QED) is 0.149. The molecule has 0 aliphatic heterocycles. The Morgan fingerprint density at radius 2 is 1.25 bits per heavy atom. The van der Waals surface area contributed by atoms with E-state index in [-0.39, 0.29) is 34.5 Å². The summed E-state index contributed by atoms with van der Waals surface area (Å²) in [6.45, 7) is 4.56. The number of hydrogen-bond donors (Lipinski definition) is 1. The maximum Gasteiger partial charge on any atom is 0.305 e. The van der Waals surface area contributed by atoms with E-state index in [4.69, 9.17) is 4.74 Å². The van der Waals surface area contributed by atoms with Crippen LogP contribution in [-0.4, -0.2) is 23.8 Å². The van der Waals surface area contributed by atoms with Gasteiger partial charge < -0.3 is 9.84 Å². The van der Waals surface area contributed by atoms with Crippen LogP contribution in [0.25, 0.3) is 0 Å². The molecular formula is C20H40AuO3. The molecule has 0 spiro atoms. The van der Waals surface area contributed by atoms with Gasteiger partial charge in [-0.05, 0) is 26.2 Å². The predicted molar refractivity (Wildman–Crippen MR) is 97.6 cm³/mol. The zero-order chi connectivity index (χ0) is 17.2. The Bertz CT molecular complexity index is 259. The van der Waals surface area contributed by atoms with Crippen molar-refractivity contribution in [1.82, 2.24) is 0 Å². The fourth-order valence-electron chi connectivity index (χ4n) is 2.89. The van der Waals surface area contributed by atoms with Crippen molar-refractivity contribution in [2.45, 2.75) is 116 Å². The van der Waals surface area contributed by atoms with Crippen LogP contribution in [0.15, 0.2) is 0 Å². The molecule has 1 unspecified atom stereocenters. The third-order valence-corrected chi connectivity index (χ3v) is 4.36. The number of rotatable bonds is 17. The number of unbranched alkanes of at least 4 members (excludes halogenated alkanes) is 10. The molecule has 0 aromatic carbocycles. The average Bonchev–Trinajstić information content (AvgIpc) is 2.53. The van der Waals surface area contributed by atoms with Crippen molar-refractivity contribution in [3.05, 3.63) is 0 Å². The Balaban J connectivity index is 0. The van der Waals surface area contributed by atoms with Gasteiger partial charge in [0.25, 0.3) is 0 Å². The Morgan fingerprint density at radius 3 is 1.75 bits per heavy atom. The zero-order valence-corrected chi connectivity index (χ0v) is 18.1. The number of aliphatic hydroxyl groups excluding tert-OH is 1. The van der Waals surface area contributed by atoms with Gasteiger partial charge in [-0.15, -0.1) is 0 Å². The first-order valence-electron chi connectivity index (χ1n) is 10.0. The van der Waals surface area contributed by atoms with Crippen LogP contribution in [0.2, 0.25) is 0 Å². The average molecular weight is 526 g/mol. The molecule has 0 aliphatic rings. The van der Waals surface area contributed by atoms with Gasteiger partial charge in [0.15, 0.2) is 0 Å². The van der Waals surface area contributed by atoms with Crippen LogP contribution in [0.4, 0.5) is 0 Å². The molecular weight excluding hydrogens is 485 g/mol. The molecule has 0 fully saturated rings. The van der Waals surface area contributed by atoms with E-state index in [9.17, 15) is 9.90 Å². The molecule has 0 aliphatic carbocycles. The third kappa shape index (κ3) is 20.2. The van der Waals surface area contributed by atoms with Crippen molar-refractivity contribution in [2.75, 3.05) is 6.61 Å². The topological polar surface area (TPSA) is 46.5 Å². The molecule has 1 N–H and O–H groups in total. The summed E-state index contributed by atoms with van der Waals surface area (Å²) in [4.78, 5) is 11.2. The second-order valence-electron chi connectivity index (χ2n) is 6.68. The summed E-state index contributed by atoms with van der Waals surface area (Å²) in [6, 6.07) is 0.